The molecule has 0 aromatic heterocycles. The standard InChI is InChI=1S/C23H23BrN2O4/c1-3-29-22-13-18(14-25-21-7-5-4-6-16(21)2)12-20(24)23(22)30-15-17-8-10-19(11-9-17)26(27)28/h4-13,25H,3,14-15H2,1-2H3. The lowest BCUT2D eigenvalue weighted by atomic mass is 10.1. The lowest BCUT2D eigenvalue weighted by Gasteiger charge is -2.16. The van der Waals surface area contributed by atoms with E-state index in [1.54, 1.807) is 12.1 Å². The van der Waals surface area contributed by atoms with E-state index in [2.05, 4.69) is 40.3 Å². The average Bonchev–Trinajstić information content (AvgIpc) is 2.73. The van der Waals surface area contributed by atoms with E-state index >= 15 is 0 Å². The lowest BCUT2D eigenvalue weighted by Crippen LogP contribution is -2.04. The molecule has 0 bridgehead atoms. The molecule has 156 valence electrons. The molecule has 0 aliphatic rings. The molecule has 0 unspecified atom stereocenters. The second kappa shape index (κ2) is 10.1. The second-order valence-electron chi connectivity index (χ2n) is 6.72. The van der Waals surface area contributed by atoms with Gasteiger partial charge in [0.05, 0.1) is 16.0 Å². The largest absolute Gasteiger partial charge is 0.490 e. The summed E-state index contributed by atoms with van der Waals surface area (Å²) in [5, 5.41) is 14.2. The molecule has 3 rings (SSSR count). The Kier molecular flexibility index (Phi) is 7.30. The lowest BCUT2D eigenvalue weighted by molar-refractivity contribution is -0.384. The van der Waals surface area contributed by atoms with E-state index in [0.29, 0.717) is 24.7 Å². The van der Waals surface area contributed by atoms with E-state index in [1.807, 2.05) is 31.2 Å². The molecule has 0 saturated carbocycles. The van der Waals surface area contributed by atoms with Crippen LogP contribution in [0.3, 0.4) is 0 Å². The fraction of sp³-hybridized carbons (Fsp3) is 0.217. The molecule has 0 heterocycles. The number of rotatable bonds is 9. The highest BCUT2D eigenvalue weighted by Gasteiger charge is 2.13. The van der Waals surface area contributed by atoms with Crippen molar-refractivity contribution in [1.82, 2.24) is 0 Å². The van der Waals surface area contributed by atoms with Gasteiger partial charge in [-0.25, -0.2) is 0 Å². The molecule has 30 heavy (non-hydrogen) atoms. The Morgan fingerprint density at radius 1 is 1.03 bits per heavy atom. The molecule has 0 aliphatic carbocycles. The summed E-state index contributed by atoms with van der Waals surface area (Å²) in [6.45, 7) is 5.42. The summed E-state index contributed by atoms with van der Waals surface area (Å²) in [6.07, 6.45) is 0. The van der Waals surface area contributed by atoms with Crippen LogP contribution in [0.2, 0.25) is 0 Å². The number of aryl methyl sites for hydroxylation is 1. The molecule has 1 N–H and O–H groups in total. The number of anilines is 1. The van der Waals surface area contributed by atoms with Crippen molar-refractivity contribution in [3.63, 3.8) is 0 Å². The van der Waals surface area contributed by atoms with Crippen LogP contribution in [-0.4, -0.2) is 11.5 Å². The smallest absolute Gasteiger partial charge is 0.269 e. The maximum Gasteiger partial charge on any atom is 0.269 e. The van der Waals surface area contributed by atoms with E-state index < -0.39 is 4.92 Å². The number of benzene rings is 3. The van der Waals surface area contributed by atoms with Crippen LogP contribution in [0, 0.1) is 17.0 Å². The van der Waals surface area contributed by atoms with E-state index in [0.717, 1.165) is 21.3 Å². The van der Waals surface area contributed by atoms with Gasteiger partial charge in [0.1, 0.15) is 6.61 Å². The van der Waals surface area contributed by atoms with Crippen molar-refractivity contribution in [1.29, 1.82) is 0 Å². The van der Waals surface area contributed by atoms with Crippen molar-refractivity contribution in [2.45, 2.75) is 27.0 Å². The molecule has 0 radical (unpaired) electrons. The summed E-state index contributed by atoms with van der Waals surface area (Å²) in [4.78, 5) is 10.4. The summed E-state index contributed by atoms with van der Waals surface area (Å²) < 4.78 is 12.6. The minimum absolute atomic E-state index is 0.0560. The third-order valence-electron chi connectivity index (χ3n) is 4.53. The Balaban J connectivity index is 1.74. The molecular formula is C23H23BrN2O4. The van der Waals surface area contributed by atoms with Gasteiger partial charge in [-0.1, -0.05) is 18.2 Å². The Hall–Kier alpha value is -3.06. The number of nitro groups is 1. The molecule has 3 aromatic carbocycles. The molecular weight excluding hydrogens is 448 g/mol. The topological polar surface area (TPSA) is 73.6 Å². The van der Waals surface area contributed by atoms with Gasteiger partial charge in [-0.05, 0) is 76.8 Å². The van der Waals surface area contributed by atoms with Gasteiger partial charge in [0, 0.05) is 24.4 Å². The molecule has 0 saturated heterocycles. The second-order valence-corrected chi connectivity index (χ2v) is 7.57. The van der Waals surface area contributed by atoms with Gasteiger partial charge >= 0.3 is 0 Å². The molecule has 0 atom stereocenters. The van der Waals surface area contributed by atoms with Crippen LogP contribution < -0.4 is 14.8 Å². The number of hydrogen-bond donors (Lipinski definition) is 1. The van der Waals surface area contributed by atoms with Crippen molar-refractivity contribution in [3.05, 3.63) is 91.9 Å². The number of hydrogen-bond acceptors (Lipinski definition) is 5. The number of ether oxygens (including phenoxy) is 2. The number of para-hydroxylation sites is 1. The quantitative estimate of drug-likeness (QED) is 0.295. The fourth-order valence-electron chi connectivity index (χ4n) is 2.96. The maximum atomic E-state index is 10.8. The third kappa shape index (κ3) is 5.51. The Morgan fingerprint density at radius 3 is 2.43 bits per heavy atom. The Morgan fingerprint density at radius 2 is 1.77 bits per heavy atom. The first-order valence-electron chi connectivity index (χ1n) is 9.58. The summed E-state index contributed by atoms with van der Waals surface area (Å²) in [7, 11) is 0. The molecule has 0 amide bonds. The zero-order valence-corrected chi connectivity index (χ0v) is 18.4. The minimum Gasteiger partial charge on any atom is -0.490 e. The highest BCUT2D eigenvalue weighted by atomic mass is 79.9. The van der Waals surface area contributed by atoms with Crippen LogP contribution >= 0.6 is 15.9 Å². The van der Waals surface area contributed by atoms with Crippen molar-refractivity contribution in [2.24, 2.45) is 0 Å². The van der Waals surface area contributed by atoms with Gasteiger partial charge in [-0.2, -0.15) is 0 Å². The van der Waals surface area contributed by atoms with Crippen LogP contribution in [0.5, 0.6) is 11.5 Å². The normalized spacial score (nSPS) is 10.5. The van der Waals surface area contributed by atoms with Crippen molar-refractivity contribution in [2.75, 3.05) is 11.9 Å². The van der Waals surface area contributed by atoms with Gasteiger partial charge in [0.15, 0.2) is 11.5 Å². The van der Waals surface area contributed by atoms with Gasteiger partial charge in [-0.3, -0.25) is 10.1 Å². The Labute approximate surface area is 184 Å². The van der Waals surface area contributed by atoms with Gasteiger partial charge in [0.2, 0.25) is 0 Å². The van der Waals surface area contributed by atoms with E-state index in [9.17, 15) is 10.1 Å². The first kappa shape index (κ1) is 21.6. The predicted molar refractivity (Wildman–Crippen MR) is 121 cm³/mol. The third-order valence-corrected chi connectivity index (χ3v) is 5.12. The first-order valence-corrected chi connectivity index (χ1v) is 10.4. The van der Waals surface area contributed by atoms with Gasteiger partial charge in [0.25, 0.3) is 5.69 Å². The zero-order valence-electron chi connectivity index (χ0n) is 16.9. The number of nitrogens with one attached hydrogen (secondary N) is 1. The zero-order chi connectivity index (χ0) is 21.5. The fourth-order valence-corrected chi connectivity index (χ4v) is 3.57. The molecule has 6 nitrogen and oxygen atoms in total. The summed E-state index contributed by atoms with van der Waals surface area (Å²) in [5.74, 6) is 1.25. The summed E-state index contributed by atoms with van der Waals surface area (Å²) in [5.41, 5.74) is 4.21. The number of halogens is 1. The van der Waals surface area contributed by atoms with E-state index in [1.165, 1.54) is 17.7 Å². The molecule has 0 spiro atoms. The van der Waals surface area contributed by atoms with Crippen LogP contribution in [-0.2, 0) is 13.2 Å². The SMILES string of the molecule is CCOc1cc(CNc2ccccc2C)cc(Br)c1OCc1ccc([N+](=O)[O-])cc1. The number of nitrogens with zero attached hydrogens (tertiary/aromatic N) is 1. The van der Waals surface area contributed by atoms with Gasteiger partial charge < -0.3 is 14.8 Å². The van der Waals surface area contributed by atoms with E-state index in [4.69, 9.17) is 9.47 Å². The predicted octanol–water partition coefficient (Wildman–Crippen LogP) is 6.26. The number of non-ortho nitro benzene ring substituents is 1. The summed E-state index contributed by atoms with van der Waals surface area (Å²) >= 11 is 3.59. The first-order chi connectivity index (χ1) is 14.5. The van der Waals surface area contributed by atoms with Crippen LogP contribution in [0.4, 0.5) is 11.4 Å². The van der Waals surface area contributed by atoms with Crippen molar-refractivity contribution < 1.29 is 14.4 Å². The molecule has 0 fully saturated rings. The molecule has 0 aliphatic heterocycles. The maximum absolute atomic E-state index is 10.8. The monoisotopic (exact) mass is 470 g/mol. The summed E-state index contributed by atoms with van der Waals surface area (Å²) in [6, 6.07) is 18.4. The molecule has 7 heteroatoms. The molecule has 3 aromatic rings. The van der Waals surface area contributed by atoms with Crippen molar-refractivity contribution in [3.8, 4) is 11.5 Å². The van der Waals surface area contributed by atoms with Crippen molar-refractivity contribution >= 4 is 27.3 Å². The van der Waals surface area contributed by atoms with Gasteiger partial charge in [-0.15, -0.1) is 0 Å². The minimum atomic E-state index is -0.419. The highest BCUT2D eigenvalue weighted by Crippen LogP contribution is 2.37. The van der Waals surface area contributed by atoms with Crippen LogP contribution in [0.25, 0.3) is 0 Å². The van der Waals surface area contributed by atoms with E-state index in [-0.39, 0.29) is 12.3 Å². The highest BCUT2D eigenvalue weighted by molar-refractivity contribution is 9.10. The average molecular weight is 471 g/mol. The Bertz CT molecular complexity index is 1020. The van der Waals surface area contributed by atoms with Crippen LogP contribution in [0.15, 0.2) is 65.1 Å². The van der Waals surface area contributed by atoms with Crippen LogP contribution in [0.1, 0.15) is 23.6 Å². The number of nitro benzene ring substituents is 1.